The molecule has 0 saturated carbocycles. The first-order valence-electron chi connectivity index (χ1n) is 8.38. The van der Waals surface area contributed by atoms with Crippen molar-refractivity contribution in [3.05, 3.63) is 44.7 Å². The predicted octanol–water partition coefficient (Wildman–Crippen LogP) is 3.60. The monoisotopic (exact) mass is 476 g/mol. The van der Waals surface area contributed by atoms with Crippen LogP contribution in [0.4, 0.5) is 19.0 Å². The highest BCUT2D eigenvalue weighted by Gasteiger charge is 2.37. The number of aromatic nitrogens is 1. The smallest absolute Gasteiger partial charge is 0.355 e. The fourth-order valence-electron chi connectivity index (χ4n) is 2.97. The molecule has 1 aliphatic heterocycles. The molecule has 2 amide bonds. The van der Waals surface area contributed by atoms with Crippen molar-refractivity contribution in [1.29, 1.82) is 0 Å². The highest BCUT2D eigenvalue weighted by atomic mass is 79.9. The molecule has 0 aliphatic carbocycles. The summed E-state index contributed by atoms with van der Waals surface area (Å²) >= 11 is 4.47. The van der Waals surface area contributed by atoms with Crippen molar-refractivity contribution in [3.63, 3.8) is 0 Å². The maximum Gasteiger partial charge on any atom is 0.419 e. The van der Waals surface area contributed by atoms with Crippen LogP contribution in [-0.2, 0) is 11.0 Å². The molecular weight excluding hydrogens is 461 g/mol. The second-order valence-corrected chi connectivity index (χ2v) is 8.67. The van der Waals surface area contributed by atoms with Crippen LogP contribution in [0.3, 0.4) is 0 Å². The molecule has 28 heavy (non-hydrogen) atoms. The van der Waals surface area contributed by atoms with E-state index in [9.17, 15) is 22.8 Å². The Labute approximate surface area is 171 Å². The van der Waals surface area contributed by atoms with Crippen LogP contribution in [0.5, 0.6) is 0 Å². The Morgan fingerprint density at radius 1 is 1.25 bits per heavy atom. The number of carbonyl (C=O) groups excluding carboxylic acids is 2. The highest BCUT2D eigenvalue weighted by Crippen LogP contribution is 2.36. The fraction of sp³-hybridized carbons (Fsp3) is 0.353. The molecule has 6 nitrogen and oxygen atoms in total. The van der Waals surface area contributed by atoms with Gasteiger partial charge in [-0.05, 0) is 53.0 Å². The average Bonchev–Trinajstić information content (AvgIpc) is 3.12. The van der Waals surface area contributed by atoms with Gasteiger partial charge in [0.05, 0.1) is 20.1 Å². The lowest BCUT2D eigenvalue weighted by molar-refractivity contribution is -0.137. The molecule has 0 bridgehead atoms. The topological polar surface area (TPSA) is 74.3 Å². The van der Waals surface area contributed by atoms with Crippen molar-refractivity contribution < 1.29 is 22.8 Å². The molecule has 1 atom stereocenters. The van der Waals surface area contributed by atoms with Crippen LogP contribution in [0, 0.1) is 5.92 Å². The second-order valence-electron chi connectivity index (χ2n) is 6.20. The zero-order chi connectivity index (χ0) is 20.3. The first-order valence-corrected chi connectivity index (χ1v) is 9.99. The van der Waals surface area contributed by atoms with Crippen molar-refractivity contribution in [3.8, 4) is 0 Å². The van der Waals surface area contributed by atoms with Gasteiger partial charge in [0.15, 0.2) is 0 Å². The largest absolute Gasteiger partial charge is 0.419 e. The maximum absolute atomic E-state index is 13.2. The lowest BCUT2D eigenvalue weighted by atomic mass is 9.97. The molecule has 0 radical (unpaired) electrons. The van der Waals surface area contributed by atoms with E-state index in [0.717, 1.165) is 9.85 Å². The zero-order valence-corrected chi connectivity index (χ0v) is 16.8. The number of rotatable bonds is 3. The van der Waals surface area contributed by atoms with Crippen LogP contribution in [0.1, 0.15) is 28.1 Å². The normalized spacial score (nSPS) is 17.3. The Morgan fingerprint density at radius 3 is 2.71 bits per heavy atom. The van der Waals surface area contributed by atoms with Gasteiger partial charge >= 0.3 is 6.18 Å². The van der Waals surface area contributed by atoms with Gasteiger partial charge < -0.3 is 4.90 Å². The molecule has 3 heterocycles. The van der Waals surface area contributed by atoms with Gasteiger partial charge in [-0.2, -0.15) is 13.2 Å². The van der Waals surface area contributed by atoms with Crippen molar-refractivity contribution in [2.24, 2.45) is 5.92 Å². The first-order chi connectivity index (χ1) is 13.3. The van der Waals surface area contributed by atoms with E-state index in [1.807, 2.05) is 0 Å². The molecule has 2 aromatic rings. The van der Waals surface area contributed by atoms with Crippen LogP contribution in [-0.4, -0.2) is 29.9 Å². The average molecular weight is 477 g/mol. The summed E-state index contributed by atoms with van der Waals surface area (Å²) in [5, 5.41) is 0. The molecule has 1 saturated heterocycles. The van der Waals surface area contributed by atoms with Gasteiger partial charge in [0.25, 0.3) is 5.91 Å². The minimum Gasteiger partial charge on any atom is -0.355 e. The number of halogens is 4. The summed E-state index contributed by atoms with van der Waals surface area (Å²) in [4.78, 5) is 30.2. The molecule has 1 fully saturated rings. The van der Waals surface area contributed by atoms with E-state index in [0.29, 0.717) is 24.3 Å². The summed E-state index contributed by atoms with van der Waals surface area (Å²) < 4.78 is 40.5. The summed E-state index contributed by atoms with van der Waals surface area (Å²) in [6, 6.07) is 5.54. The molecule has 0 aromatic carbocycles. The number of thiophene rings is 1. The first kappa shape index (κ1) is 20.6. The Balaban J connectivity index is 1.63. The van der Waals surface area contributed by atoms with Gasteiger partial charge in [0, 0.05) is 19.3 Å². The standard InChI is InChI=1S/C17H16BrF3N4O2S/c18-13-6-5-12(28-13)16(27)24-23-15(26)10-3-2-8-25(9-10)14-11(17(19,20)21)4-1-7-22-14/h1,4-7,10H,2-3,8-9H2,(H,23,26)(H,24,27). The Morgan fingerprint density at radius 2 is 2.04 bits per heavy atom. The van der Waals surface area contributed by atoms with Gasteiger partial charge in [-0.25, -0.2) is 4.98 Å². The molecule has 1 aliphatic rings. The second kappa shape index (κ2) is 8.48. The summed E-state index contributed by atoms with van der Waals surface area (Å²) in [6.07, 6.45) is -2.18. The number of nitrogens with zero attached hydrogens (tertiary/aromatic N) is 2. The molecule has 2 aromatic heterocycles. The highest BCUT2D eigenvalue weighted by molar-refractivity contribution is 9.11. The molecule has 0 spiro atoms. The zero-order valence-electron chi connectivity index (χ0n) is 14.4. The molecular formula is C17H16BrF3N4O2S. The van der Waals surface area contributed by atoms with E-state index < -0.39 is 29.5 Å². The van der Waals surface area contributed by atoms with E-state index in [-0.39, 0.29) is 12.4 Å². The third kappa shape index (κ3) is 4.82. The third-order valence-electron chi connectivity index (χ3n) is 4.28. The summed E-state index contributed by atoms with van der Waals surface area (Å²) in [7, 11) is 0. The van der Waals surface area contributed by atoms with Gasteiger partial charge in [0.2, 0.25) is 5.91 Å². The van der Waals surface area contributed by atoms with E-state index in [1.165, 1.54) is 28.5 Å². The van der Waals surface area contributed by atoms with Crippen LogP contribution < -0.4 is 15.8 Å². The van der Waals surface area contributed by atoms with E-state index in [4.69, 9.17) is 0 Å². The predicted molar refractivity (Wildman–Crippen MR) is 102 cm³/mol. The Bertz CT molecular complexity index is 874. The number of anilines is 1. The molecule has 1 unspecified atom stereocenters. The van der Waals surface area contributed by atoms with Crippen molar-refractivity contribution in [2.75, 3.05) is 18.0 Å². The maximum atomic E-state index is 13.2. The van der Waals surface area contributed by atoms with Gasteiger partial charge in [0.1, 0.15) is 5.82 Å². The van der Waals surface area contributed by atoms with Crippen LogP contribution in [0.2, 0.25) is 0 Å². The van der Waals surface area contributed by atoms with Crippen molar-refractivity contribution in [1.82, 2.24) is 15.8 Å². The number of hydrogen-bond acceptors (Lipinski definition) is 5. The number of amides is 2. The number of hydrazine groups is 1. The van der Waals surface area contributed by atoms with Crippen molar-refractivity contribution in [2.45, 2.75) is 19.0 Å². The van der Waals surface area contributed by atoms with Crippen LogP contribution in [0.15, 0.2) is 34.2 Å². The van der Waals surface area contributed by atoms with E-state index in [1.54, 1.807) is 12.1 Å². The SMILES string of the molecule is O=C(NNC(=O)C1CCCN(c2ncccc2C(F)(F)F)C1)c1ccc(Br)s1. The minimum atomic E-state index is -4.53. The Kier molecular flexibility index (Phi) is 6.23. The number of alkyl halides is 3. The van der Waals surface area contributed by atoms with Gasteiger partial charge in [-0.1, -0.05) is 0 Å². The van der Waals surface area contributed by atoms with Crippen molar-refractivity contribution >= 4 is 44.9 Å². The number of pyridine rings is 1. The molecule has 3 rings (SSSR count). The lowest BCUT2D eigenvalue weighted by Gasteiger charge is -2.34. The number of piperidine rings is 1. The lowest BCUT2D eigenvalue weighted by Crippen LogP contribution is -2.49. The van der Waals surface area contributed by atoms with Crippen LogP contribution in [0.25, 0.3) is 0 Å². The van der Waals surface area contributed by atoms with Gasteiger partial charge in [-0.15, -0.1) is 11.3 Å². The number of hydrogen-bond donors (Lipinski definition) is 2. The summed E-state index contributed by atoms with van der Waals surface area (Å²) in [5.74, 6) is -1.65. The van der Waals surface area contributed by atoms with Crippen LogP contribution >= 0.6 is 27.3 Å². The quantitative estimate of drug-likeness (QED) is 0.663. The molecule has 150 valence electrons. The molecule has 2 N–H and O–H groups in total. The Hall–Kier alpha value is -2.14. The molecule has 11 heteroatoms. The van der Waals surface area contributed by atoms with E-state index >= 15 is 0 Å². The minimum absolute atomic E-state index is 0.0896. The third-order valence-corrected chi connectivity index (χ3v) is 5.90. The number of carbonyl (C=O) groups is 2. The fourth-order valence-corrected chi connectivity index (χ4v) is 4.25. The van der Waals surface area contributed by atoms with E-state index in [2.05, 4.69) is 31.8 Å². The number of nitrogens with one attached hydrogen (secondary N) is 2. The summed E-state index contributed by atoms with van der Waals surface area (Å²) in [5.41, 5.74) is 3.87. The van der Waals surface area contributed by atoms with Gasteiger partial charge in [-0.3, -0.25) is 20.4 Å². The summed E-state index contributed by atoms with van der Waals surface area (Å²) in [6.45, 7) is 0.464.